The van der Waals surface area contributed by atoms with Gasteiger partial charge in [-0.05, 0) is 36.8 Å². The summed E-state index contributed by atoms with van der Waals surface area (Å²) in [4.78, 5) is 12.1. The topological polar surface area (TPSA) is 58.6 Å². The number of hydrogen-bond donors (Lipinski definition) is 2. The van der Waals surface area contributed by atoms with Gasteiger partial charge in [-0.15, -0.1) is 0 Å². The first-order valence-corrected chi connectivity index (χ1v) is 7.66. The summed E-state index contributed by atoms with van der Waals surface area (Å²) in [6.45, 7) is 2.20. The van der Waals surface area contributed by atoms with Gasteiger partial charge in [0.15, 0.2) is 0 Å². The van der Waals surface area contributed by atoms with E-state index in [9.17, 15) is 18.7 Å². The molecule has 0 aliphatic rings. The van der Waals surface area contributed by atoms with Crippen molar-refractivity contribution < 1.29 is 23.4 Å². The zero-order valence-electron chi connectivity index (χ0n) is 13.3. The number of carbonyl (C=O) groups excluding carboxylic acids is 1. The molecule has 2 aromatic carbocycles. The number of benzene rings is 2. The summed E-state index contributed by atoms with van der Waals surface area (Å²) in [5, 5.41) is 12.4. The fourth-order valence-corrected chi connectivity index (χ4v) is 2.17. The van der Waals surface area contributed by atoms with Gasteiger partial charge < -0.3 is 15.2 Å². The van der Waals surface area contributed by atoms with Crippen molar-refractivity contribution in [1.82, 2.24) is 5.32 Å². The van der Waals surface area contributed by atoms with Crippen LogP contribution < -0.4 is 10.1 Å². The zero-order valence-corrected chi connectivity index (χ0v) is 13.3. The number of aliphatic hydroxyl groups is 1. The largest absolute Gasteiger partial charge is 0.494 e. The van der Waals surface area contributed by atoms with Gasteiger partial charge in [0.2, 0.25) is 0 Å². The predicted molar refractivity (Wildman–Crippen MR) is 85.9 cm³/mol. The number of carbonyl (C=O) groups is 1. The van der Waals surface area contributed by atoms with Crippen LogP contribution in [0.1, 0.15) is 35.4 Å². The Morgan fingerprint density at radius 2 is 1.88 bits per heavy atom. The molecule has 6 heteroatoms. The van der Waals surface area contributed by atoms with Gasteiger partial charge in [0.05, 0.1) is 12.2 Å². The zero-order chi connectivity index (χ0) is 17.5. The van der Waals surface area contributed by atoms with Crippen LogP contribution in [0.5, 0.6) is 5.75 Å². The molecule has 2 N–H and O–H groups in total. The van der Waals surface area contributed by atoms with Gasteiger partial charge in [0, 0.05) is 12.1 Å². The van der Waals surface area contributed by atoms with E-state index in [0.29, 0.717) is 17.9 Å². The first-order chi connectivity index (χ1) is 11.5. The van der Waals surface area contributed by atoms with Crippen LogP contribution >= 0.6 is 0 Å². The molecule has 128 valence electrons. The molecule has 0 aliphatic heterocycles. The van der Waals surface area contributed by atoms with Crippen LogP contribution in [0.2, 0.25) is 0 Å². The van der Waals surface area contributed by atoms with Gasteiger partial charge in [0.25, 0.3) is 5.91 Å². The second-order valence-electron chi connectivity index (χ2n) is 5.24. The third kappa shape index (κ3) is 4.52. The second-order valence-corrected chi connectivity index (χ2v) is 5.24. The highest BCUT2D eigenvalue weighted by Crippen LogP contribution is 2.20. The Labute approximate surface area is 139 Å². The quantitative estimate of drug-likeness (QED) is 0.817. The van der Waals surface area contributed by atoms with Crippen LogP contribution in [-0.2, 0) is 0 Å². The van der Waals surface area contributed by atoms with Gasteiger partial charge in [-0.25, -0.2) is 8.78 Å². The molecule has 24 heavy (non-hydrogen) atoms. The standard InChI is InChI=1S/C18H19F2NO3/c1-2-9-24-13-6-3-5-12(10-13)18(23)21-11-16(22)17-14(19)7-4-8-15(17)20/h3-8,10,16,22H,2,9,11H2,1H3,(H,21,23). The maximum Gasteiger partial charge on any atom is 0.251 e. The molecule has 4 nitrogen and oxygen atoms in total. The van der Waals surface area contributed by atoms with Crippen LogP contribution in [0.15, 0.2) is 42.5 Å². The summed E-state index contributed by atoms with van der Waals surface area (Å²) in [5.41, 5.74) is -0.123. The first-order valence-electron chi connectivity index (χ1n) is 7.66. The summed E-state index contributed by atoms with van der Waals surface area (Å²) < 4.78 is 32.6. The van der Waals surface area contributed by atoms with Crippen LogP contribution in [0, 0.1) is 11.6 Å². The average molecular weight is 335 g/mol. The third-order valence-electron chi connectivity index (χ3n) is 3.36. The highest BCUT2D eigenvalue weighted by Gasteiger charge is 2.18. The van der Waals surface area contributed by atoms with E-state index in [4.69, 9.17) is 4.74 Å². The lowest BCUT2D eigenvalue weighted by atomic mass is 10.1. The number of hydrogen-bond acceptors (Lipinski definition) is 3. The van der Waals surface area contributed by atoms with E-state index in [1.54, 1.807) is 24.3 Å². The molecule has 0 heterocycles. The molecule has 0 bridgehead atoms. The van der Waals surface area contributed by atoms with Crippen LogP contribution in [0.25, 0.3) is 0 Å². The van der Waals surface area contributed by atoms with Crippen molar-refractivity contribution in [3.8, 4) is 5.75 Å². The van der Waals surface area contributed by atoms with Gasteiger partial charge in [-0.1, -0.05) is 19.1 Å². The monoisotopic (exact) mass is 335 g/mol. The van der Waals surface area contributed by atoms with E-state index in [1.165, 1.54) is 6.07 Å². The Morgan fingerprint density at radius 3 is 2.54 bits per heavy atom. The first kappa shape index (κ1) is 17.9. The van der Waals surface area contributed by atoms with Crippen molar-refractivity contribution in [3.05, 3.63) is 65.2 Å². The van der Waals surface area contributed by atoms with Gasteiger partial charge >= 0.3 is 0 Å². The lowest BCUT2D eigenvalue weighted by Gasteiger charge is -2.14. The average Bonchev–Trinajstić information content (AvgIpc) is 2.58. The summed E-state index contributed by atoms with van der Waals surface area (Å²) in [6.07, 6.45) is -0.633. The minimum Gasteiger partial charge on any atom is -0.494 e. The summed E-state index contributed by atoms with van der Waals surface area (Å²) in [6, 6.07) is 9.88. The van der Waals surface area contributed by atoms with Crippen LogP contribution in [-0.4, -0.2) is 24.2 Å². The molecule has 0 spiro atoms. The molecule has 1 amide bonds. The Bertz CT molecular complexity index is 686. The number of rotatable bonds is 7. The maximum atomic E-state index is 13.6. The van der Waals surface area contributed by atoms with E-state index in [-0.39, 0.29) is 6.54 Å². The van der Waals surface area contributed by atoms with E-state index in [1.807, 2.05) is 6.92 Å². The number of nitrogens with one attached hydrogen (secondary N) is 1. The highest BCUT2D eigenvalue weighted by molar-refractivity contribution is 5.94. The Morgan fingerprint density at radius 1 is 1.21 bits per heavy atom. The van der Waals surface area contributed by atoms with E-state index in [0.717, 1.165) is 18.6 Å². The Kier molecular flexibility index (Phi) is 6.26. The summed E-state index contributed by atoms with van der Waals surface area (Å²) in [7, 11) is 0. The van der Waals surface area contributed by atoms with Crippen molar-refractivity contribution in [2.45, 2.75) is 19.4 Å². The molecular formula is C18H19F2NO3. The molecular weight excluding hydrogens is 316 g/mol. The smallest absolute Gasteiger partial charge is 0.251 e. The Hall–Kier alpha value is -2.47. The normalized spacial score (nSPS) is 11.8. The fourth-order valence-electron chi connectivity index (χ4n) is 2.17. The molecule has 0 radical (unpaired) electrons. The minimum atomic E-state index is -1.48. The fraction of sp³-hybridized carbons (Fsp3) is 0.278. The Balaban J connectivity index is 2.00. The highest BCUT2D eigenvalue weighted by atomic mass is 19.1. The predicted octanol–water partition coefficient (Wildman–Crippen LogP) is 3.22. The molecule has 0 fully saturated rings. The van der Waals surface area contributed by atoms with Crippen molar-refractivity contribution in [3.63, 3.8) is 0 Å². The number of aliphatic hydroxyl groups excluding tert-OH is 1. The second kappa shape index (κ2) is 8.40. The summed E-state index contributed by atoms with van der Waals surface area (Å²) >= 11 is 0. The lowest BCUT2D eigenvalue weighted by Crippen LogP contribution is -2.29. The van der Waals surface area contributed by atoms with Crippen molar-refractivity contribution in [2.75, 3.05) is 13.2 Å². The van der Waals surface area contributed by atoms with Crippen LogP contribution in [0.3, 0.4) is 0 Å². The number of amides is 1. The van der Waals surface area contributed by atoms with E-state index >= 15 is 0 Å². The van der Waals surface area contributed by atoms with Crippen LogP contribution in [0.4, 0.5) is 8.78 Å². The van der Waals surface area contributed by atoms with E-state index < -0.39 is 29.2 Å². The number of halogens is 2. The summed E-state index contributed by atoms with van der Waals surface area (Å²) in [5.74, 6) is -1.61. The lowest BCUT2D eigenvalue weighted by molar-refractivity contribution is 0.0911. The molecule has 1 atom stereocenters. The SMILES string of the molecule is CCCOc1cccc(C(=O)NCC(O)c2c(F)cccc2F)c1. The molecule has 2 aromatic rings. The van der Waals surface area contributed by atoms with Crippen molar-refractivity contribution >= 4 is 5.91 Å². The van der Waals surface area contributed by atoms with Crippen molar-refractivity contribution in [2.24, 2.45) is 0 Å². The molecule has 0 aromatic heterocycles. The molecule has 2 rings (SSSR count). The molecule has 0 saturated heterocycles. The molecule has 1 unspecified atom stereocenters. The molecule has 0 aliphatic carbocycles. The van der Waals surface area contributed by atoms with Crippen molar-refractivity contribution in [1.29, 1.82) is 0 Å². The minimum absolute atomic E-state index is 0.309. The van der Waals surface area contributed by atoms with E-state index in [2.05, 4.69) is 5.32 Å². The number of ether oxygens (including phenoxy) is 1. The third-order valence-corrected chi connectivity index (χ3v) is 3.36. The maximum absolute atomic E-state index is 13.6. The van der Waals surface area contributed by atoms with Gasteiger partial charge in [-0.3, -0.25) is 4.79 Å². The van der Waals surface area contributed by atoms with Gasteiger partial charge in [-0.2, -0.15) is 0 Å². The van der Waals surface area contributed by atoms with Gasteiger partial charge in [0.1, 0.15) is 23.5 Å². The molecule has 0 saturated carbocycles.